The summed E-state index contributed by atoms with van der Waals surface area (Å²) in [5.41, 5.74) is -4.52. The van der Waals surface area contributed by atoms with E-state index in [1.807, 2.05) is 0 Å². The number of halogens is 3. The van der Waals surface area contributed by atoms with E-state index in [0.717, 1.165) is 4.90 Å². The molecular weight excluding hydrogens is 335 g/mol. The maximum absolute atomic E-state index is 12.9. The van der Waals surface area contributed by atoms with Gasteiger partial charge in [-0.1, -0.05) is 13.8 Å². The first kappa shape index (κ1) is 19.3. The summed E-state index contributed by atoms with van der Waals surface area (Å²) in [6.45, 7) is 2.96. The van der Waals surface area contributed by atoms with Crippen molar-refractivity contribution >= 4 is 23.0 Å². The quantitative estimate of drug-likeness (QED) is 0.575. The van der Waals surface area contributed by atoms with Gasteiger partial charge in [0.1, 0.15) is 0 Å². The van der Waals surface area contributed by atoms with Crippen molar-refractivity contribution in [3.8, 4) is 0 Å². The topological polar surface area (TPSA) is 107 Å². The van der Waals surface area contributed by atoms with Crippen molar-refractivity contribution in [2.24, 2.45) is 0 Å². The zero-order chi connectivity index (χ0) is 18.7. The van der Waals surface area contributed by atoms with Crippen LogP contribution >= 0.6 is 0 Å². The zero-order valence-corrected chi connectivity index (χ0v) is 12.8. The predicted molar refractivity (Wildman–Crippen MR) is 77.7 cm³/mol. The van der Waals surface area contributed by atoms with Crippen LogP contribution in [0.15, 0.2) is 12.1 Å². The van der Waals surface area contributed by atoms with Crippen molar-refractivity contribution in [3.05, 3.63) is 37.9 Å². The van der Waals surface area contributed by atoms with Crippen LogP contribution in [0, 0.1) is 20.2 Å². The minimum absolute atomic E-state index is 0.0975. The normalized spacial score (nSPS) is 11.2. The average Bonchev–Trinajstić information content (AvgIpc) is 2.49. The highest BCUT2D eigenvalue weighted by molar-refractivity contribution is 5.98. The van der Waals surface area contributed by atoms with Gasteiger partial charge in [-0.15, -0.1) is 0 Å². The molecule has 0 saturated carbocycles. The maximum Gasteiger partial charge on any atom is 0.416 e. The number of carbonyl (C=O) groups is 1. The van der Waals surface area contributed by atoms with Crippen molar-refractivity contribution in [1.29, 1.82) is 0 Å². The number of anilines is 1. The minimum atomic E-state index is -5.00. The van der Waals surface area contributed by atoms with Crippen molar-refractivity contribution in [3.63, 3.8) is 0 Å². The lowest BCUT2D eigenvalue weighted by Crippen LogP contribution is -2.32. The molecule has 0 bridgehead atoms. The number of nitro groups is 2. The van der Waals surface area contributed by atoms with Crippen LogP contribution in [0.2, 0.25) is 0 Å². The van der Waals surface area contributed by atoms with Gasteiger partial charge in [-0.05, 0) is 6.42 Å². The third-order valence-corrected chi connectivity index (χ3v) is 3.11. The lowest BCUT2D eigenvalue weighted by atomic mass is 10.1. The second-order valence-corrected chi connectivity index (χ2v) is 4.77. The largest absolute Gasteiger partial charge is 0.416 e. The molecule has 1 aromatic rings. The van der Waals surface area contributed by atoms with Crippen molar-refractivity contribution in [1.82, 2.24) is 0 Å². The van der Waals surface area contributed by atoms with Crippen LogP contribution < -0.4 is 4.90 Å². The molecule has 0 aliphatic rings. The maximum atomic E-state index is 12.9. The number of alkyl halides is 3. The average molecular weight is 349 g/mol. The van der Waals surface area contributed by atoms with Crippen molar-refractivity contribution in [2.45, 2.75) is 32.9 Å². The van der Waals surface area contributed by atoms with Gasteiger partial charge in [0, 0.05) is 25.1 Å². The first-order valence-corrected chi connectivity index (χ1v) is 6.88. The molecule has 0 saturated heterocycles. The third-order valence-electron chi connectivity index (χ3n) is 3.11. The fourth-order valence-corrected chi connectivity index (χ4v) is 2.10. The Morgan fingerprint density at radius 2 is 1.58 bits per heavy atom. The Balaban J connectivity index is 3.81. The van der Waals surface area contributed by atoms with E-state index in [2.05, 4.69) is 0 Å². The lowest BCUT2D eigenvalue weighted by Gasteiger charge is -2.22. The molecule has 0 heterocycles. The molecule has 1 aromatic carbocycles. The minimum Gasteiger partial charge on any atom is -0.301 e. The molecule has 11 heteroatoms. The second kappa shape index (κ2) is 7.23. The smallest absolute Gasteiger partial charge is 0.301 e. The van der Waals surface area contributed by atoms with Gasteiger partial charge in [0.25, 0.3) is 0 Å². The highest BCUT2D eigenvalue weighted by atomic mass is 19.4. The van der Waals surface area contributed by atoms with E-state index < -0.39 is 44.6 Å². The van der Waals surface area contributed by atoms with Crippen LogP contribution in [-0.2, 0) is 11.0 Å². The van der Waals surface area contributed by atoms with Gasteiger partial charge in [-0.2, -0.15) is 13.2 Å². The first-order chi connectivity index (χ1) is 11.0. The molecule has 0 atom stereocenters. The summed E-state index contributed by atoms with van der Waals surface area (Å²) >= 11 is 0. The lowest BCUT2D eigenvalue weighted by molar-refractivity contribution is -0.393. The molecule has 132 valence electrons. The first-order valence-electron chi connectivity index (χ1n) is 6.88. The molecule has 1 rings (SSSR count). The molecule has 8 nitrogen and oxygen atoms in total. The predicted octanol–water partition coefficient (Wildman–Crippen LogP) is 3.67. The van der Waals surface area contributed by atoms with Crippen LogP contribution in [0.25, 0.3) is 0 Å². The van der Waals surface area contributed by atoms with Crippen LogP contribution in [0.3, 0.4) is 0 Å². The van der Waals surface area contributed by atoms with Gasteiger partial charge in [-0.25, -0.2) is 0 Å². The Hall–Kier alpha value is -2.72. The number of carbonyl (C=O) groups excluding carboxylic acids is 1. The summed E-state index contributed by atoms with van der Waals surface area (Å²) in [4.78, 5) is 32.8. The Labute approximate surface area is 134 Å². The number of amides is 1. The van der Waals surface area contributed by atoms with Crippen molar-refractivity contribution in [2.75, 3.05) is 11.4 Å². The Bertz CT molecular complexity index is 640. The summed E-state index contributed by atoms with van der Waals surface area (Å²) in [6.07, 6.45) is -4.81. The standard InChI is InChI=1S/C13H14F3N3O5/c1-3-5-17(11(20)4-2)12-9(18(21)22)6-8(13(14,15)16)7-10(12)19(23)24/h6-7H,3-5H2,1-2H3. The number of hydrogen-bond donors (Lipinski definition) is 0. The van der Waals surface area contributed by atoms with Crippen LogP contribution in [0.5, 0.6) is 0 Å². The monoisotopic (exact) mass is 349 g/mol. The van der Waals surface area contributed by atoms with Gasteiger partial charge in [0.15, 0.2) is 0 Å². The van der Waals surface area contributed by atoms with E-state index in [9.17, 15) is 38.2 Å². The fraction of sp³-hybridized carbons (Fsp3) is 0.462. The Morgan fingerprint density at radius 3 is 1.88 bits per heavy atom. The molecule has 0 aliphatic heterocycles. The molecule has 0 spiro atoms. The molecule has 0 unspecified atom stereocenters. The fourth-order valence-electron chi connectivity index (χ4n) is 2.10. The van der Waals surface area contributed by atoms with E-state index in [4.69, 9.17) is 0 Å². The van der Waals surface area contributed by atoms with E-state index in [-0.39, 0.29) is 25.1 Å². The van der Waals surface area contributed by atoms with Crippen LogP contribution in [-0.4, -0.2) is 22.3 Å². The second-order valence-electron chi connectivity index (χ2n) is 4.77. The number of hydrogen-bond acceptors (Lipinski definition) is 5. The summed E-state index contributed by atoms with van der Waals surface area (Å²) in [5, 5.41) is 22.3. The number of nitrogens with zero attached hydrogens (tertiary/aromatic N) is 3. The number of rotatable bonds is 6. The van der Waals surface area contributed by atoms with E-state index in [1.54, 1.807) is 6.92 Å². The molecule has 0 fully saturated rings. The van der Waals surface area contributed by atoms with Gasteiger partial charge < -0.3 is 4.90 Å². The van der Waals surface area contributed by atoms with Gasteiger partial charge in [-0.3, -0.25) is 25.0 Å². The highest BCUT2D eigenvalue weighted by Crippen LogP contribution is 2.43. The molecule has 0 radical (unpaired) electrons. The van der Waals surface area contributed by atoms with E-state index >= 15 is 0 Å². The molecule has 24 heavy (non-hydrogen) atoms. The van der Waals surface area contributed by atoms with E-state index in [1.165, 1.54) is 6.92 Å². The van der Waals surface area contributed by atoms with Crippen LogP contribution in [0.4, 0.5) is 30.2 Å². The third kappa shape index (κ3) is 3.97. The van der Waals surface area contributed by atoms with Gasteiger partial charge >= 0.3 is 17.6 Å². The molecule has 1 amide bonds. The molecule has 0 aliphatic carbocycles. The Kier molecular flexibility index (Phi) is 5.83. The van der Waals surface area contributed by atoms with E-state index in [0.29, 0.717) is 6.42 Å². The molecular formula is C13H14F3N3O5. The SMILES string of the molecule is CCCN(C(=O)CC)c1c([N+](=O)[O-])cc(C(F)(F)F)cc1[N+](=O)[O-]. The summed E-state index contributed by atoms with van der Waals surface area (Å²) in [5.74, 6) is -0.664. The highest BCUT2D eigenvalue weighted by Gasteiger charge is 2.40. The number of benzene rings is 1. The van der Waals surface area contributed by atoms with Gasteiger partial charge in [0.05, 0.1) is 15.4 Å². The van der Waals surface area contributed by atoms with Crippen molar-refractivity contribution < 1.29 is 27.8 Å². The van der Waals surface area contributed by atoms with Gasteiger partial charge in [0.2, 0.25) is 11.6 Å². The number of nitro benzene ring substituents is 2. The molecule has 0 aromatic heterocycles. The zero-order valence-electron chi connectivity index (χ0n) is 12.8. The summed E-state index contributed by atoms with van der Waals surface area (Å²) in [7, 11) is 0. The Morgan fingerprint density at radius 1 is 1.12 bits per heavy atom. The summed E-state index contributed by atoms with van der Waals surface area (Å²) in [6, 6.07) is 0.405. The van der Waals surface area contributed by atoms with Crippen LogP contribution in [0.1, 0.15) is 32.3 Å². The molecule has 0 N–H and O–H groups in total. The summed E-state index contributed by atoms with van der Waals surface area (Å²) < 4.78 is 38.6.